The largest absolute Gasteiger partial charge is 0.491 e. The molecule has 0 spiro atoms. The number of ether oxygens (including phenoxy) is 2. The summed E-state index contributed by atoms with van der Waals surface area (Å²) in [5, 5.41) is 19.8. The highest BCUT2D eigenvalue weighted by Crippen LogP contribution is 2.29. The second-order valence-electron chi connectivity index (χ2n) is 4.14. The minimum Gasteiger partial charge on any atom is -0.491 e. The third kappa shape index (κ3) is 4.20. The third-order valence-corrected chi connectivity index (χ3v) is 2.61. The second-order valence-corrected chi connectivity index (χ2v) is 4.14. The van der Waals surface area contributed by atoms with E-state index in [1.807, 2.05) is 6.92 Å². The van der Waals surface area contributed by atoms with Crippen LogP contribution in [0.3, 0.4) is 0 Å². The number of rotatable bonds is 8. The Labute approximate surface area is 116 Å². The van der Waals surface area contributed by atoms with Crippen LogP contribution in [0.4, 0.5) is 5.69 Å². The van der Waals surface area contributed by atoms with Crippen molar-refractivity contribution < 1.29 is 24.3 Å². The molecule has 1 rings (SSSR count). The van der Waals surface area contributed by atoms with Gasteiger partial charge in [-0.25, -0.2) is 4.79 Å². The second kappa shape index (κ2) is 7.44. The molecule has 1 aromatic carbocycles. The summed E-state index contributed by atoms with van der Waals surface area (Å²) >= 11 is 0. The molecule has 0 saturated carbocycles. The van der Waals surface area contributed by atoms with Crippen LogP contribution >= 0.6 is 0 Å². The van der Waals surface area contributed by atoms with Crippen LogP contribution < -0.4 is 4.74 Å². The molecular weight excluding hydrogens is 266 g/mol. The van der Waals surface area contributed by atoms with Gasteiger partial charge >= 0.3 is 5.97 Å². The zero-order valence-electron chi connectivity index (χ0n) is 11.4. The zero-order chi connectivity index (χ0) is 15.1. The van der Waals surface area contributed by atoms with E-state index in [1.165, 1.54) is 13.0 Å². The predicted octanol–water partition coefficient (Wildman–Crippen LogP) is 2.41. The molecule has 1 N–H and O–H groups in total. The summed E-state index contributed by atoms with van der Waals surface area (Å²) < 4.78 is 10.6. The van der Waals surface area contributed by atoms with Gasteiger partial charge in [0.25, 0.3) is 5.69 Å². The number of nitrogens with zero attached hydrogens (tertiary/aromatic N) is 1. The maximum atomic E-state index is 11.0. The minimum absolute atomic E-state index is 0.174. The fraction of sp³-hybridized carbons (Fsp3) is 0.462. The molecule has 0 aliphatic rings. The lowest BCUT2D eigenvalue weighted by molar-refractivity contribution is -0.385. The molecule has 20 heavy (non-hydrogen) atoms. The molecule has 0 amide bonds. The van der Waals surface area contributed by atoms with E-state index < -0.39 is 10.9 Å². The number of hydrogen-bond donors (Lipinski definition) is 1. The normalized spacial score (nSPS) is 10.3. The SMILES string of the molecule is CCCOCCOc1cc(C(=O)O)cc([N+](=O)[O-])c1C. The van der Waals surface area contributed by atoms with Gasteiger partial charge in [0.15, 0.2) is 0 Å². The Morgan fingerprint density at radius 3 is 2.60 bits per heavy atom. The van der Waals surface area contributed by atoms with Gasteiger partial charge < -0.3 is 14.6 Å². The van der Waals surface area contributed by atoms with Crippen LogP contribution in [0.2, 0.25) is 0 Å². The molecular formula is C13H17NO6. The molecule has 110 valence electrons. The average molecular weight is 283 g/mol. The first-order chi connectivity index (χ1) is 9.47. The molecule has 0 atom stereocenters. The molecule has 0 bridgehead atoms. The first kappa shape index (κ1) is 15.9. The molecule has 0 heterocycles. The van der Waals surface area contributed by atoms with Crippen molar-refractivity contribution in [2.45, 2.75) is 20.3 Å². The number of hydrogen-bond acceptors (Lipinski definition) is 5. The van der Waals surface area contributed by atoms with Crippen molar-refractivity contribution in [2.75, 3.05) is 19.8 Å². The van der Waals surface area contributed by atoms with E-state index in [2.05, 4.69) is 0 Å². The van der Waals surface area contributed by atoms with E-state index in [1.54, 1.807) is 0 Å². The van der Waals surface area contributed by atoms with Gasteiger partial charge in [-0.3, -0.25) is 10.1 Å². The topological polar surface area (TPSA) is 98.9 Å². The fourth-order valence-electron chi connectivity index (χ4n) is 1.59. The molecule has 7 nitrogen and oxygen atoms in total. The quantitative estimate of drug-likeness (QED) is 0.447. The first-order valence-corrected chi connectivity index (χ1v) is 6.20. The molecule has 0 radical (unpaired) electrons. The lowest BCUT2D eigenvalue weighted by Crippen LogP contribution is -2.09. The van der Waals surface area contributed by atoms with Gasteiger partial charge in [-0.2, -0.15) is 0 Å². The molecule has 0 aliphatic carbocycles. The smallest absolute Gasteiger partial charge is 0.336 e. The summed E-state index contributed by atoms with van der Waals surface area (Å²) in [6, 6.07) is 2.31. The van der Waals surface area contributed by atoms with Gasteiger partial charge in [-0.15, -0.1) is 0 Å². The number of carbonyl (C=O) groups is 1. The molecule has 0 aliphatic heterocycles. The first-order valence-electron chi connectivity index (χ1n) is 6.20. The maximum Gasteiger partial charge on any atom is 0.336 e. The van der Waals surface area contributed by atoms with E-state index in [4.69, 9.17) is 14.6 Å². The van der Waals surface area contributed by atoms with E-state index in [-0.39, 0.29) is 23.6 Å². The molecule has 0 saturated heterocycles. The third-order valence-electron chi connectivity index (χ3n) is 2.61. The highest BCUT2D eigenvalue weighted by atomic mass is 16.6. The van der Waals surface area contributed by atoms with Gasteiger partial charge in [-0.1, -0.05) is 6.92 Å². The van der Waals surface area contributed by atoms with Gasteiger partial charge in [-0.05, 0) is 19.4 Å². The number of benzene rings is 1. The van der Waals surface area contributed by atoms with Gasteiger partial charge in [0.05, 0.1) is 22.7 Å². The van der Waals surface area contributed by atoms with E-state index in [0.717, 1.165) is 12.5 Å². The van der Waals surface area contributed by atoms with Crippen molar-refractivity contribution in [3.8, 4) is 5.75 Å². The van der Waals surface area contributed by atoms with Gasteiger partial charge in [0.2, 0.25) is 0 Å². The Hall–Kier alpha value is -2.15. The Bertz CT molecular complexity index is 500. The van der Waals surface area contributed by atoms with E-state index in [0.29, 0.717) is 18.8 Å². The van der Waals surface area contributed by atoms with Crippen molar-refractivity contribution in [3.05, 3.63) is 33.4 Å². The number of aromatic carboxylic acids is 1. The summed E-state index contributed by atoms with van der Waals surface area (Å²) in [7, 11) is 0. The minimum atomic E-state index is -1.24. The highest BCUT2D eigenvalue weighted by molar-refractivity contribution is 5.89. The van der Waals surface area contributed by atoms with Crippen LogP contribution in [0.1, 0.15) is 29.3 Å². The van der Waals surface area contributed by atoms with E-state index >= 15 is 0 Å². The van der Waals surface area contributed by atoms with Crippen molar-refractivity contribution in [3.63, 3.8) is 0 Å². The van der Waals surface area contributed by atoms with Crippen LogP contribution in [0, 0.1) is 17.0 Å². The van der Waals surface area contributed by atoms with Crippen molar-refractivity contribution >= 4 is 11.7 Å². The highest BCUT2D eigenvalue weighted by Gasteiger charge is 2.19. The summed E-state index contributed by atoms with van der Waals surface area (Å²) in [6.45, 7) is 4.66. The van der Waals surface area contributed by atoms with Crippen LogP contribution in [0.15, 0.2) is 12.1 Å². The maximum absolute atomic E-state index is 11.0. The van der Waals surface area contributed by atoms with Crippen LogP contribution in [0.25, 0.3) is 0 Å². The summed E-state index contributed by atoms with van der Waals surface area (Å²) in [5.41, 5.74) is -0.142. The van der Waals surface area contributed by atoms with Crippen LogP contribution in [-0.4, -0.2) is 35.8 Å². The van der Waals surface area contributed by atoms with Gasteiger partial charge in [0.1, 0.15) is 12.4 Å². The van der Waals surface area contributed by atoms with E-state index in [9.17, 15) is 14.9 Å². The van der Waals surface area contributed by atoms with Crippen molar-refractivity contribution in [2.24, 2.45) is 0 Å². The summed E-state index contributed by atoms with van der Waals surface area (Å²) in [5.74, 6) is -1.04. The molecule has 0 unspecified atom stereocenters. The average Bonchev–Trinajstić information content (AvgIpc) is 2.39. The fourth-order valence-corrected chi connectivity index (χ4v) is 1.59. The summed E-state index contributed by atoms with van der Waals surface area (Å²) in [6.07, 6.45) is 0.888. The number of carboxylic acid groups (broad SMARTS) is 1. The number of carboxylic acids is 1. The Kier molecular flexibility index (Phi) is 5.92. The lowest BCUT2D eigenvalue weighted by Gasteiger charge is -2.10. The van der Waals surface area contributed by atoms with Gasteiger partial charge in [0, 0.05) is 12.7 Å². The monoisotopic (exact) mass is 283 g/mol. The zero-order valence-corrected chi connectivity index (χ0v) is 11.4. The Balaban J connectivity index is 2.88. The molecule has 0 fully saturated rings. The Morgan fingerprint density at radius 1 is 1.35 bits per heavy atom. The van der Waals surface area contributed by atoms with Crippen molar-refractivity contribution in [1.82, 2.24) is 0 Å². The number of nitro groups is 1. The van der Waals surface area contributed by atoms with Crippen LogP contribution in [-0.2, 0) is 4.74 Å². The number of nitro benzene ring substituents is 1. The molecule has 7 heteroatoms. The molecule has 1 aromatic rings. The lowest BCUT2D eigenvalue weighted by atomic mass is 10.1. The summed E-state index contributed by atoms with van der Waals surface area (Å²) in [4.78, 5) is 21.2. The Morgan fingerprint density at radius 2 is 2.05 bits per heavy atom. The standard InChI is InChI=1S/C13H17NO6/c1-3-4-19-5-6-20-12-8-10(13(15)16)7-11(9(12)2)14(17)18/h7-8H,3-6H2,1-2H3,(H,15,16). The molecule has 0 aromatic heterocycles. The van der Waals surface area contributed by atoms with Crippen molar-refractivity contribution in [1.29, 1.82) is 0 Å². The van der Waals surface area contributed by atoms with Crippen LogP contribution in [0.5, 0.6) is 5.75 Å². The predicted molar refractivity (Wildman–Crippen MR) is 71.4 cm³/mol.